The first-order valence-electron chi connectivity index (χ1n) is 8.41. The molecule has 0 N–H and O–H groups in total. The minimum atomic E-state index is 0.799. The normalized spacial score (nSPS) is 47.4. The van der Waals surface area contributed by atoms with E-state index in [1.807, 2.05) is 0 Å². The molecule has 6 atom stereocenters. The molecular weight excluding hydrogens is 232 g/mol. The van der Waals surface area contributed by atoms with E-state index in [9.17, 15) is 0 Å². The number of imidazole rings is 1. The Balaban J connectivity index is 1.47. The highest BCUT2D eigenvalue weighted by Gasteiger charge is 2.45. The van der Waals surface area contributed by atoms with E-state index < -0.39 is 0 Å². The van der Waals surface area contributed by atoms with E-state index in [1.165, 1.54) is 57.2 Å². The third-order valence-corrected chi connectivity index (χ3v) is 6.83. The molecule has 4 aliphatic rings. The fourth-order valence-corrected chi connectivity index (χ4v) is 6.01. The van der Waals surface area contributed by atoms with E-state index in [1.54, 1.807) is 0 Å². The van der Waals surface area contributed by atoms with Gasteiger partial charge in [0.2, 0.25) is 0 Å². The number of hydrogen-bond donors (Lipinski definition) is 0. The fourth-order valence-electron chi connectivity index (χ4n) is 6.01. The van der Waals surface area contributed by atoms with Gasteiger partial charge in [-0.3, -0.25) is 0 Å². The summed E-state index contributed by atoms with van der Waals surface area (Å²) in [5.74, 6) is 6.25. The summed E-state index contributed by atoms with van der Waals surface area (Å²) in [4.78, 5) is 4.81. The van der Waals surface area contributed by atoms with Crippen LogP contribution in [0.15, 0.2) is 12.4 Å². The second kappa shape index (κ2) is 3.86. The number of rotatable bonds is 2. The second-order valence-corrected chi connectivity index (χ2v) is 7.72. The van der Waals surface area contributed by atoms with Crippen LogP contribution in [0.3, 0.4) is 0 Å². The van der Waals surface area contributed by atoms with Gasteiger partial charge in [0, 0.05) is 24.4 Å². The van der Waals surface area contributed by atoms with Gasteiger partial charge in [-0.15, -0.1) is 0 Å². The average molecular weight is 256 g/mol. The lowest BCUT2D eigenvalue weighted by atomic mass is 9.87. The van der Waals surface area contributed by atoms with Crippen LogP contribution in [0.2, 0.25) is 0 Å². The molecule has 0 radical (unpaired) electrons. The molecule has 19 heavy (non-hydrogen) atoms. The van der Waals surface area contributed by atoms with Gasteiger partial charge >= 0.3 is 0 Å². The van der Waals surface area contributed by atoms with Crippen molar-refractivity contribution in [2.75, 3.05) is 0 Å². The van der Waals surface area contributed by atoms with Gasteiger partial charge in [-0.2, -0.15) is 0 Å². The van der Waals surface area contributed by atoms with Gasteiger partial charge < -0.3 is 4.57 Å². The van der Waals surface area contributed by atoms with Crippen LogP contribution in [0.1, 0.15) is 69.2 Å². The van der Waals surface area contributed by atoms with Crippen molar-refractivity contribution in [1.82, 2.24) is 9.55 Å². The molecule has 2 nitrogen and oxygen atoms in total. The van der Waals surface area contributed by atoms with E-state index >= 15 is 0 Å². The molecule has 0 aromatic carbocycles. The lowest BCUT2D eigenvalue weighted by Gasteiger charge is -2.29. The van der Waals surface area contributed by atoms with Crippen molar-refractivity contribution in [2.24, 2.45) is 23.7 Å². The van der Waals surface area contributed by atoms with E-state index in [4.69, 9.17) is 4.98 Å². The Morgan fingerprint density at radius 2 is 1.68 bits per heavy atom. The molecule has 2 heteroatoms. The summed E-state index contributed by atoms with van der Waals surface area (Å²) < 4.78 is 2.62. The number of fused-ring (bicyclic) bond motifs is 4. The highest BCUT2D eigenvalue weighted by molar-refractivity contribution is 5.12. The van der Waals surface area contributed by atoms with Gasteiger partial charge in [-0.05, 0) is 62.2 Å². The summed E-state index contributed by atoms with van der Waals surface area (Å²) in [6.45, 7) is 0. The molecule has 0 spiro atoms. The van der Waals surface area contributed by atoms with Crippen molar-refractivity contribution in [3.05, 3.63) is 18.2 Å². The SMILES string of the molecule is c1cn(C2CC3CCC2C3)c(C2CC3CCC2C3)n1. The van der Waals surface area contributed by atoms with Crippen LogP contribution in [-0.4, -0.2) is 9.55 Å². The van der Waals surface area contributed by atoms with Gasteiger partial charge in [-0.25, -0.2) is 4.98 Å². The van der Waals surface area contributed by atoms with Crippen LogP contribution < -0.4 is 0 Å². The minimum absolute atomic E-state index is 0.799. The highest BCUT2D eigenvalue weighted by Crippen LogP contribution is 2.55. The molecule has 1 aromatic rings. The zero-order valence-corrected chi connectivity index (χ0v) is 11.7. The molecule has 4 saturated carbocycles. The molecule has 5 rings (SSSR count). The maximum atomic E-state index is 4.81. The van der Waals surface area contributed by atoms with Crippen molar-refractivity contribution in [2.45, 2.75) is 63.3 Å². The average Bonchev–Trinajstić information content (AvgIpc) is 3.20. The van der Waals surface area contributed by atoms with Gasteiger partial charge in [0.15, 0.2) is 0 Å². The van der Waals surface area contributed by atoms with Crippen molar-refractivity contribution < 1.29 is 0 Å². The molecule has 1 heterocycles. The molecule has 102 valence electrons. The van der Waals surface area contributed by atoms with Crippen LogP contribution in [0.4, 0.5) is 0 Å². The molecule has 1 aromatic heterocycles. The monoisotopic (exact) mass is 256 g/mol. The first-order valence-corrected chi connectivity index (χ1v) is 8.41. The van der Waals surface area contributed by atoms with Gasteiger partial charge in [0.1, 0.15) is 5.82 Å². The lowest BCUT2D eigenvalue weighted by Crippen LogP contribution is -2.21. The van der Waals surface area contributed by atoms with Crippen LogP contribution in [0.5, 0.6) is 0 Å². The molecule has 0 saturated heterocycles. The number of aromatic nitrogens is 2. The predicted molar refractivity (Wildman–Crippen MR) is 74.9 cm³/mol. The van der Waals surface area contributed by atoms with E-state index in [-0.39, 0.29) is 0 Å². The molecule has 6 unspecified atom stereocenters. The summed E-state index contributed by atoms with van der Waals surface area (Å²) >= 11 is 0. The summed E-state index contributed by atoms with van der Waals surface area (Å²) in [7, 11) is 0. The Kier molecular flexibility index (Phi) is 2.22. The van der Waals surface area contributed by atoms with Crippen molar-refractivity contribution in [3.8, 4) is 0 Å². The Hall–Kier alpha value is -0.790. The van der Waals surface area contributed by atoms with Crippen LogP contribution in [0, 0.1) is 23.7 Å². The lowest BCUT2D eigenvalue weighted by molar-refractivity contribution is 0.304. The molecule has 0 amide bonds. The maximum absolute atomic E-state index is 4.81. The predicted octanol–water partition coefficient (Wildman–Crippen LogP) is 4.15. The van der Waals surface area contributed by atoms with Gasteiger partial charge in [-0.1, -0.05) is 12.8 Å². The molecule has 4 aliphatic carbocycles. The molecular formula is C17H24N2. The van der Waals surface area contributed by atoms with Gasteiger partial charge in [0.05, 0.1) is 0 Å². The summed E-state index contributed by atoms with van der Waals surface area (Å²) in [5, 5.41) is 0. The van der Waals surface area contributed by atoms with Crippen LogP contribution >= 0.6 is 0 Å². The topological polar surface area (TPSA) is 17.8 Å². The zero-order valence-electron chi connectivity index (χ0n) is 11.7. The van der Waals surface area contributed by atoms with Gasteiger partial charge in [0.25, 0.3) is 0 Å². The summed E-state index contributed by atoms with van der Waals surface area (Å²) in [6.07, 6.45) is 16.2. The minimum Gasteiger partial charge on any atom is -0.331 e. The standard InChI is InChI=1S/C17H24N2/c1-3-13-7-11(1)9-15(13)17-18-5-6-19(17)16-10-12-2-4-14(16)8-12/h5-6,11-16H,1-4,7-10H2. The maximum Gasteiger partial charge on any atom is 0.112 e. The molecule has 0 aliphatic heterocycles. The Morgan fingerprint density at radius 1 is 0.895 bits per heavy atom. The van der Waals surface area contributed by atoms with Crippen LogP contribution in [0.25, 0.3) is 0 Å². The largest absolute Gasteiger partial charge is 0.331 e. The quantitative estimate of drug-likeness (QED) is 0.777. The molecule has 4 bridgehead atoms. The summed E-state index contributed by atoms with van der Waals surface area (Å²) in [6, 6.07) is 0.801. The van der Waals surface area contributed by atoms with E-state index in [0.717, 1.165) is 35.6 Å². The molecule has 4 fully saturated rings. The van der Waals surface area contributed by atoms with E-state index in [2.05, 4.69) is 17.0 Å². The Morgan fingerprint density at radius 3 is 2.32 bits per heavy atom. The van der Waals surface area contributed by atoms with Crippen LogP contribution in [-0.2, 0) is 0 Å². The summed E-state index contributed by atoms with van der Waals surface area (Å²) in [5.41, 5.74) is 0. The zero-order chi connectivity index (χ0) is 12.4. The smallest absolute Gasteiger partial charge is 0.112 e. The number of nitrogens with zero attached hydrogens (tertiary/aromatic N) is 2. The third kappa shape index (κ3) is 1.52. The van der Waals surface area contributed by atoms with Crippen molar-refractivity contribution in [3.63, 3.8) is 0 Å². The fraction of sp³-hybridized carbons (Fsp3) is 0.824. The first-order chi connectivity index (χ1) is 9.38. The first kappa shape index (κ1) is 10.9. The Labute approximate surface area is 115 Å². The van der Waals surface area contributed by atoms with E-state index in [0.29, 0.717) is 0 Å². The number of hydrogen-bond acceptors (Lipinski definition) is 1. The Bertz CT molecular complexity index is 449. The second-order valence-electron chi connectivity index (χ2n) is 7.72. The third-order valence-electron chi connectivity index (χ3n) is 6.83. The highest BCUT2D eigenvalue weighted by atomic mass is 15.1. The van der Waals surface area contributed by atoms with Crippen molar-refractivity contribution in [1.29, 1.82) is 0 Å². The van der Waals surface area contributed by atoms with Crippen molar-refractivity contribution >= 4 is 0 Å².